The molecule has 2 aromatic heterocycles. The van der Waals surface area contributed by atoms with Crippen molar-refractivity contribution in [2.45, 2.75) is 126 Å². The number of thiophene rings is 1. The fraction of sp³-hybridized carbons (Fsp3) is 0.617. The predicted octanol–water partition coefficient (Wildman–Crippen LogP) is 11.6. The number of aromatic amines is 1. The number of rotatable bonds is 4. The van der Waals surface area contributed by atoms with Gasteiger partial charge in [-0.2, -0.15) is 0 Å². The van der Waals surface area contributed by atoms with E-state index in [2.05, 4.69) is 110 Å². The molecule has 1 N–H and O–H groups in total. The Labute approximate surface area is 327 Å². The van der Waals surface area contributed by atoms with Crippen LogP contribution in [0.4, 0.5) is 0 Å². The van der Waals surface area contributed by atoms with Crippen LogP contribution in [0.1, 0.15) is 142 Å². The van der Waals surface area contributed by atoms with Gasteiger partial charge in [-0.05, 0) is 182 Å². The SMILES string of the molecule is C=C(C)[C@@H]1CC[C@]2(C#Cc3ccsc3-c3nnn[nH]3)CC[C@]3(C)C(CC[C@@H]4[C@@]5(C)CC=C(c6ccc(C(=O)OC(C)(C)C)cc6)C(C)(C)[C@@H]5CC[C@]43C)[C@@H]12. The minimum Gasteiger partial charge on any atom is -0.456 e. The van der Waals surface area contributed by atoms with Crippen LogP contribution >= 0.6 is 11.3 Å². The number of ether oxygens (including phenoxy) is 1. The van der Waals surface area contributed by atoms with E-state index in [9.17, 15) is 4.79 Å². The molecule has 3 aromatic rings. The van der Waals surface area contributed by atoms with Crippen molar-refractivity contribution in [3.8, 4) is 22.5 Å². The zero-order valence-corrected chi connectivity index (χ0v) is 34.9. The van der Waals surface area contributed by atoms with Gasteiger partial charge in [0.15, 0.2) is 5.82 Å². The van der Waals surface area contributed by atoms with Crippen LogP contribution in [0.15, 0.2) is 53.9 Å². The Morgan fingerprint density at radius 2 is 1.70 bits per heavy atom. The van der Waals surface area contributed by atoms with Crippen LogP contribution in [-0.2, 0) is 4.74 Å². The molecule has 286 valence electrons. The van der Waals surface area contributed by atoms with E-state index in [1.807, 2.05) is 32.9 Å². The molecular weight excluding hydrogens is 685 g/mol. The third-order valence-electron chi connectivity index (χ3n) is 16.1. The smallest absolute Gasteiger partial charge is 0.338 e. The fourth-order valence-electron chi connectivity index (χ4n) is 13.6. The predicted molar refractivity (Wildman–Crippen MR) is 218 cm³/mol. The topological polar surface area (TPSA) is 80.8 Å². The highest BCUT2D eigenvalue weighted by atomic mass is 32.1. The van der Waals surface area contributed by atoms with Crippen molar-refractivity contribution in [3.63, 3.8) is 0 Å². The first-order chi connectivity index (χ1) is 25.4. The monoisotopic (exact) mass is 744 g/mol. The van der Waals surface area contributed by atoms with Gasteiger partial charge >= 0.3 is 5.97 Å². The summed E-state index contributed by atoms with van der Waals surface area (Å²) in [6.07, 6.45) is 13.6. The number of nitrogens with one attached hydrogen (secondary N) is 1. The van der Waals surface area contributed by atoms with Gasteiger partial charge in [0.1, 0.15) is 5.60 Å². The van der Waals surface area contributed by atoms with Gasteiger partial charge in [0.25, 0.3) is 0 Å². The van der Waals surface area contributed by atoms with Crippen molar-refractivity contribution in [3.05, 3.63) is 70.6 Å². The second-order valence-corrected chi connectivity index (χ2v) is 21.0. The van der Waals surface area contributed by atoms with Crippen molar-refractivity contribution in [2.24, 2.45) is 56.7 Å². The average molecular weight is 745 g/mol. The highest BCUT2D eigenvalue weighted by Crippen LogP contribution is 2.77. The molecule has 0 radical (unpaired) electrons. The molecule has 9 atom stereocenters. The summed E-state index contributed by atoms with van der Waals surface area (Å²) in [6.45, 7) is 25.8. The molecule has 6 nitrogen and oxygen atoms in total. The maximum Gasteiger partial charge on any atom is 0.338 e. The maximum atomic E-state index is 12.8. The molecule has 0 aliphatic heterocycles. The van der Waals surface area contributed by atoms with Crippen LogP contribution in [0.2, 0.25) is 0 Å². The van der Waals surface area contributed by atoms with Gasteiger partial charge in [0.05, 0.1) is 10.4 Å². The summed E-state index contributed by atoms with van der Waals surface area (Å²) >= 11 is 1.65. The summed E-state index contributed by atoms with van der Waals surface area (Å²) in [7, 11) is 0. The molecule has 0 bridgehead atoms. The molecule has 2 heterocycles. The summed E-state index contributed by atoms with van der Waals surface area (Å²) in [5, 5.41) is 16.9. The quantitative estimate of drug-likeness (QED) is 0.163. The number of H-pyrrole nitrogens is 1. The number of carbonyl (C=O) groups is 1. The van der Waals surface area contributed by atoms with E-state index in [0.29, 0.717) is 41.0 Å². The molecule has 0 saturated heterocycles. The van der Waals surface area contributed by atoms with Crippen molar-refractivity contribution in [1.29, 1.82) is 0 Å². The van der Waals surface area contributed by atoms with E-state index in [0.717, 1.165) is 16.9 Å². The van der Waals surface area contributed by atoms with Crippen LogP contribution in [-0.4, -0.2) is 32.2 Å². The fourth-order valence-corrected chi connectivity index (χ4v) is 14.4. The molecule has 1 unspecified atom stereocenters. The summed E-state index contributed by atoms with van der Waals surface area (Å²) in [5.74, 6) is 11.1. The Bertz CT molecular complexity index is 2040. The van der Waals surface area contributed by atoms with E-state index in [4.69, 9.17) is 4.74 Å². The van der Waals surface area contributed by atoms with E-state index >= 15 is 0 Å². The van der Waals surface area contributed by atoms with Crippen LogP contribution in [0.25, 0.3) is 16.3 Å². The molecule has 5 aliphatic rings. The Morgan fingerprint density at radius 3 is 2.39 bits per heavy atom. The van der Waals surface area contributed by atoms with Gasteiger partial charge < -0.3 is 4.74 Å². The van der Waals surface area contributed by atoms with E-state index in [1.165, 1.54) is 68.1 Å². The van der Waals surface area contributed by atoms with E-state index in [-0.39, 0.29) is 33.0 Å². The first-order valence-electron chi connectivity index (χ1n) is 20.5. The lowest BCUT2D eigenvalue weighted by molar-refractivity contribution is -0.220. The van der Waals surface area contributed by atoms with Gasteiger partial charge in [-0.3, -0.25) is 0 Å². The molecule has 1 aromatic carbocycles. The summed E-state index contributed by atoms with van der Waals surface area (Å²) in [6, 6.07) is 10.3. The number of fused-ring (bicyclic) bond motifs is 7. The molecule has 0 spiro atoms. The van der Waals surface area contributed by atoms with Crippen molar-refractivity contribution in [2.75, 3.05) is 0 Å². The average Bonchev–Trinajstić information content (AvgIpc) is 3.87. The molecule has 5 aliphatic carbocycles. The number of esters is 1. The molecule has 0 amide bonds. The Morgan fingerprint density at radius 1 is 0.944 bits per heavy atom. The number of hydrogen-bond donors (Lipinski definition) is 1. The third kappa shape index (κ3) is 5.62. The number of hydrogen-bond acceptors (Lipinski definition) is 6. The summed E-state index contributed by atoms with van der Waals surface area (Å²) < 4.78 is 5.66. The molecule has 54 heavy (non-hydrogen) atoms. The van der Waals surface area contributed by atoms with Gasteiger partial charge in [-0.1, -0.05) is 76.8 Å². The van der Waals surface area contributed by atoms with E-state index < -0.39 is 5.60 Å². The molecule has 4 fully saturated rings. The molecular formula is C47H60N4O2S. The van der Waals surface area contributed by atoms with Gasteiger partial charge in [-0.15, -0.1) is 16.4 Å². The number of nitrogens with zero attached hydrogens (tertiary/aromatic N) is 3. The maximum absolute atomic E-state index is 12.8. The zero-order chi connectivity index (χ0) is 38.5. The highest BCUT2D eigenvalue weighted by Gasteiger charge is 2.70. The van der Waals surface area contributed by atoms with Crippen LogP contribution < -0.4 is 0 Å². The van der Waals surface area contributed by atoms with Crippen LogP contribution in [0.5, 0.6) is 0 Å². The van der Waals surface area contributed by atoms with Gasteiger partial charge in [-0.25, -0.2) is 9.89 Å². The van der Waals surface area contributed by atoms with Crippen LogP contribution in [0, 0.1) is 68.5 Å². The minimum atomic E-state index is -0.510. The van der Waals surface area contributed by atoms with Gasteiger partial charge in [0, 0.05) is 11.0 Å². The normalized spacial score (nSPS) is 36.7. The zero-order valence-electron chi connectivity index (χ0n) is 34.1. The Kier molecular flexibility index (Phi) is 8.85. The number of carbonyl (C=O) groups excluding carboxylic acids is 1. The Hall–Kier alpha value is -3.50. The first-order valence-corrected chi connectivity index (χ1v) is 21.4. The molecule has 7 heteroatoms. The van der Waals surface area contributed by atoms with E-state index in [1.54, 1.807) is 11.3 Å². The van der Waals surface area contributed by atoms with Crippen molar-refractivity contribution < 1.29 is 9.53 Å². The van der Waals surface area contributed by atoms with Crippen molar-refractivity contribution >= 4 is 22.9 Å². The third-order valence-corrected chi connectivity index (χ3v) is 17.1. The lowest BCUT2D eigenvalue weighted by atomic mass is 9.32. The number of tetrazole rings is 1. The number of allylic oxidation sites excluding steroid dienone is 3. The summed E-state index contributed by atoms with van der Waals surface area (Å²) in [4.78, 5) is 13.8. The molecule has 4 saturated carbocycles. The summed E-state index contributed by atoms with van der Waals surface area (Å²) in [5.41, 5.74) is 5.95. The largest absolute Gasteiger partial charge is 0.456 e. The number of aromatic nitrogens is 4. The first kappa shape index (κ1) is 37.4. The molecule has 8 rings (SSSR count). The lowest BCUT2D eigenvalue weighted by Gasteiger charge is -2.72. The Balaban J connectivity index is 1.10. The standard InChI is InChI=1S/C47H60N4O2S/c1-29(2)33-18-25-47(24-17-31-21-28-54-39(31)40-48-50-51-49-40)27-26-45(9)35(38(33)47)15-16-37-44(8)22-19-34(43(6,7)36(44)20-23-46(37,45)10)30-11-13-32(14-12-30)41(52)53-42(3,4)5/h11-14,19,21,28,33,35-38H,1,15-16,18,20,22-23,25-27H2,2-10H3,(H,48,49,50,51)/t33-,35?,36-,37+,38+,44-,45+,46+,47+/m0/s1. The van der Waals surface area contributed by atoms with Gasteiger partial charge in [0.2, 0.25) is 0 Å². The lowest BCUT2D eigenvalue weighted by Crippen LogP contribution is -2.65. The second-order valence-electron chi connectivity index (χ2n) is 20.1. The number of benzene rings is 1. The highest BCUT2D eigenvalue weighted by molar-refractivity contribution is 7.13. The second kappa shape index (κ2) is 12.8. The van der Waals surface area contributed by atoms with Crippen molar-refractivity contribution in [1.82, 2.24) is 20.6 Å². The minimum absolute atomic E-state index is 0.0143. The van der Waals surface area contributed by atoms with Crippen LogP contribution in [0.3, 0.4) is 0 Å².